The maximum Gasteiger partial charge on any atom is 0.311 e. The topological polar surface area (TPSA) is 35.5 Å². The summed E-state index contributed by atoms with van der Waals surface area (Å²) < 4.78 is 11.4. The predicted molar refractivity (Wildman–Crippen MR) is 110 cm³/mol. The molecule has 1 heterocycles. The van der Waals surface area contributed by atoms with E-state index in [1.54, 1.807) is 7.11 Å². The van der Waals surface area contributed by atoms with Crippen molar-refractivity contribution < 1.29 is 31.2 Å². The van der Waals surface area contributed by atoms with Gasteiger partial charge in [0.1, 0.15) is 13.2 Å². The highest BCUT2D eigenvalue weighted by atomic mass is 35.5. The quantitative estimate of drug-likeness (QED) is 0.333. The number of esters is 1. The van der Waals surface area contributed by atoms with E-state index in [-0.39, 0.29) is 18.4 Å². The molecule has 0 N–H and O–H groups in total. The molecule has 1 aliphatic heterocycles. The van der Waals surface area contributed by atoms with E-state index in [9.17, 15) is 4.79 Å². The van der Waals surface area contributed by atoms with Crippen molar-refractivity contribution in [2.24, 2.45) is 5.41 Å². The van der Waals surface area contributed by atoms with Gasteiger partial charge in [0, 0.05) is 25.5 Å². The molecule has 4 nitrogen and oxygen atoms in total. The van der Waals surface area contributed by atoms with Crippen LogP contribution in [0.25, 0.3) is 0 Å². The van der Waals surface area contributed by atoms with Gasteiger partial charge < -0.3 is 26.4 Å². The van der Waals surface area contributed by atoms with Crippen LogP contribution in [0.3, 0.4) is 0 Å². The van der Waals surface area contributed by atoms with Crippen LogP contribution in [0.1, 0.15) is 63.5 Å². The summed E-state index contributed by atoms with van der Waals surface area (Å²) >= 11 is 0. The van der Waals surface area contributed by atoms with Crippen LogP contribution >= 0.6 is 0 Å². The van der Waals surface area contributed by atoms with Crippen LogP contribution in [0, 0.1) is 5.41 Å². The first-order valence-electron chi connectivity index (χ1n) is 10.3. The highest BCUT2D eigenvalue weighted by molar-refractivity contribution is 5.75. The van der Waals surface area contributed by atoms with E-state index in [1.807, 2.05) is 13.8 Å². The van der Waals surface area contributed by atoms with Crippen LogP contribution in [0.5, 0.6) is 0 Å². The van der Waals surface area contributed by atoms with Crippen LogP contribution in [-0.4, -0.2) is 50.9 Å². The fraction of sp³-hybridized carbons (Fsp3) is 0.696. The lowest BCUT2D eigenvalue weighted by Gasteiger charge is -2.29. The molecule has 1 aliphatic rings. The van der Waals surface area contributed by atoms with Crippen molar-refractivity contribution in [3.63, 3.8) is 0 Å². The molecular formula is C23H38ClNO3. The number of halogens is 1. The Kier molecular flexibility index (Phi) is 9.96. The van der Waals surface area contributed by atoms with Gasteiger partial charge in [0.2, 0.25) is 0 Å². The lowest BCUT2D eigenvalue weighted by Crippen LogP contribution is -3.00. The molecule has 0 aliphatic carbocycles. The van der Waals surface area contributed by atoms with Crippen molar-refractivity contribution in [3.8, 4) is 0 Å². The first-order valence-corrected chi connectivity index (χ1v) is 10.3. The zero-order valence-electron chi connectivity index (χ0n) is 18.3. The number of carbonyl (C=O) groups excluding carboxylic acids is 1. The van der Waals surface area contributed by atoms with Crippen molar-refractivity contribution in [3.05, 3.63) is 35.4 Å². The SMILES string of the molecule is COCCOC(=O)C(C)(C)CCC(C)c1ccc(C[N+]2(C)CCCC2)cc1.[Cl-]. The van der Waals surface area contributed by atoms with Gasteiger partial charge in [-0.1, -0.05) is 31.2 Å². The lowest BCUT2D eigenvalue weighted by atomic mass is 9.83. The molecule has 160 valence electrons. The lowest BCUT2D eigenvalue weighted by molar-refractivity contribution is -0.910. The fourth-order valence-corrected chi connectivity index (χ4v) is 3.91. The molecule has 0 amide bonds. The van der Waals surface area contributed by atoms with E-state index < -0.39 is 5.41 Å². The molecule has 1 aromatic carbocycles. The summed E-state index contributed by atoms with van der Waals surface area (Å²) in [5, 5.41) is 0. The van der Waals surface area contributed by atoms with Crippen LogP contribution in [0.4, 0.5) is 0 Å². The Bertz CT molecular complexity index is 594. The molecule has 5 heteroatoms. The van der Waals surface area contributed by atoms with Gasteiger partial charge in [-0.2, -0.15) is 0 Å². The van der Waals surface area contributed by atoms with Gasteiger partial charge >= 0.3 is 5.97 Å². The van der Waals surface area contributed by atoms with E-state index in [0.29, 0.717) is 19.1 Å². The summed E-state index contributed by atoms with van der Waals surface area (Å²) in [5.74, 6) is 0.298. The molecule has 1 atom stereocenters. The van der Waals surface area contributed by atoms with Gasteiger partial charge in [0.15, 0.2) is 0 Å². The van der Waals surface area contributed by atoms with E-state index in [0.717, 1.165) is 19.4 Å². The average Bonchev–Trinajstić information content (AvgIpc) is 3.06. The number of likely N-dealkylation sites (tertiary alicyclic amines) is 1. The fourth-order valence-electron chi connectivity index (χ4n) is 3.91. The first kappa shape index (κ1) is 24.9. The number of hydrogen-bond acceptors (Lipinski definition) is 3. The van der Waals surface area contributed by atoms with Crippen molar-refractivity contribution in [1.29, 1.82) is 0 Å². The Morgan fingerprint density at radius 2 is 1.75 bits per heavy atom. The molecule has 28 heavy (non-hydrogen) atoms. The van der Waals surface area contributed by atoms with Gasteiger partial charge in [-0.3, -0.25) is 4.79 Å². The number of ether oxygens (including phenoxy) is 2. The minimum absolute atomic E-state index is 0. The Balaban J connectivity index is 0.00000392. The molecule has 0 bridgehead atoms. The van der Waals surface area contributed by atoms with Crippen molar-refractivity contribution in [2.45, 2.75) is 58.9 Å². The van der Waals surface area contributed by atoms with Crippen LogP contribution in [-0.2, 0) is 20.8 Å². The summed E-state index contributed by atoms with van der Waals surface area (Å²) in [5.41, 5.74) is 2.32. The van der Waals surface area contributed by atoms with Gasteiger partial charge in [0.05, 0.1) is 32.2 Å². The number of methoxy groups -OCH3 is 1. The zero-order chi connectivity index (χ0) is 19.9. The summed E-state index contributed by atoms with van der Waals surface area (Å²) in [4.78, 5) is 12.2. The van der Waals surface area contributed by atoms with Gasteiger partial charge in [-0.15, -0.1) is 0 Å². The molecule has 1 unspecified atom stereocenters. The van der Waals surface area contributed by atoms with Crippen LogP contribution in [0.2, 0.25) is 0 Å². The number of quaternary nitrogens is 1. The largest absolute Gasteiger partial charge is 1.00 e. The van der Waals surface area contributed by atoms with E-state index in [1.165, 1.54) is 41.5 Å². The van der Waals surface area contributed by atoms with Crippen molar-refractivity contribution in [2.75, 3.05) is 40.5 Å². The summed E-state index contributed by atoms with van der Waals surface area (Å²) in [7, 11) is 3.98. The minimum Gasteiger partial charge on any atom is -1.00 e. The molecule has 0 saturated carbocycles. The highest BCUT2D eigenvalue weighted by Crippen LogP contribution is 2.31. The van der Waals surface area contributed by atoms with Gasteiger partial charge in [-0.25, -0.2) is 0 Å². The Hall–Kier alpha value is -1.10. The van der Waals surface area contributed by atoms with Crippen molar-refractivity contribution in [1.82, 2.24) is 0 Å². The smallest absolute Gasteiger partial charge is 0.311 e. The number of hydrogen-bond donors (Lipinski definition) is 0. The van der Waals surface area contributed by atoms with Gasteiger partial charge in [0.25, 0.3) is 0 Å². The number of benzene rings is 1. The normalized spacial score (nSPS) is 17.0. The third kappa shape index (κ3) is 7.38. The predicted octanol–water partition coefficient (Wildman–Crippen LogP) is 1.53. The highest BCUT2D eigenvalue weighted by Gasteiger charge is 2.30. The summed E-state index contributed by atoms with van der Waals surface area (Å²) in [6.45, 7) is 10.7. The molecule has 0 radical (unpaired) electrons. The molecule has 2 rings (SSSR count). The number of rotatable bonds is 10. The molecule has 1 fully saturated rings. The van der Waals surface area contributed by atoms with E-state index >= 15 is 0 Å². The maximum absolute atomic E-state index is 12.2. The second kappa shape index (κ2) is 11.2. The monoisotopic (exact) mass is 411 g/mol. The number of nitrogens with zero attached hydrogens (tertiary/aromatic N) is 1. The third-order valence-electron chi connectivity index (χ3n) is 6.03. The minimum atomic E-state index is -0.462. The first-order chi connectivity index (χ1) is 12.8. The average molecular weight is 412 g/mol. The summed E-state index contributed by atoms with van der Waals surface area (Å²) in [6.07, 6.45) is 4.50. The Morgan fingerprint density at radius 1 is 1.14 bits per heavy atom. The summed E-state index contributed by atoms with van der Waals surface area (Å²) in [6, 6.07) is 9.12. The molecule has 0 aromatic heterocycles. The third-order valence-corrected chi connectivity index (χ3v) is 6.03. The maximum atomic E-state index is 12.2. The standard InChI is InChI=1S/C23H38NO3.ClH/c1-19(12-13-23(2,3)22(25)27-17-16-26-5)21-10-8-20(9-11-21)18-24(4)14-6-7-15-24;/h8-11,19H,6-7,12-18H2,1-5H3;1H/q+1;/p-1. The zero-order valence-corrected chi connectivity index (χ0v) is 19.1. The molecule has 0 spiro atoms. The Labute approximate surface area is 177 Å². The van der Waals surface area contributed by atoms with E-state index in [2.05, 4.69) is 38.2 Å². The van der Waals surface area contributed by atoms with Crippen molar-refractivity contribution >= 4 is 5.97 Å². The number of carbonyl (C=O) groups is 1. The Morgan fingerprint density at radius 3 is 2.32 bits per heavy atom. The van der Waals surface area contributed by atoms with E-state index in [4.69, 9.17) is 9.47 Å². The van der Waals surface area contributed by atoms with Gasteiger partial charge in [-0.05, 0) is 38.2 Å². The van der Waals surface area contributed by atoms with Crippen LogP contribution < -0.4 is 12.4 Å². The van der Waals surface area contributed by atoms with Crippen LogP contribution in [0.15, 0.2) is 24.3 Å². The molecule has 1 aromatic rings. The molecular weight excluding hydrogens is 374 g/mol. The second-order valence-electron chi connectivity index (χ2n) is 9.13. The second-order valence-corrected chi connectivity index (χ2v) is 9.13. The molecule has 1 saturated heterocycles.